The van der Waals surface area contributed by atoms with Crippen LogP contribution in [0.15, 0.2) is 53.3 Å². The summed E-state index contributed by atoms with van der Waals surface area (Å²) in [6.45, 7) is 1.75. The number of aliphatic carboxylic acids is 1. The van der Waals surface area contributed by atoms with E-state index >= 15 is 0 Å². The van der Waals surface area contributed by atoms with Crippen LogP contribution in [0.1, 0.15) is 43.2 Å². The van der Waals surface area contributed by atoms with E-state index in [0.717, 1.165) is 35.1 Å². The van der Waals surface area contributed by atoms with Crippen LogP contribution in [0.25, 0.3) is 11.0 Å². The predicted octanol–water partition coefficient (Wildman–Crippen LogP) is 3.60. The number of aromatic nitrogens is 1. The molecule has 194 valence electrons. The van der Waals surface area contributed by atoms with E-state index in [1.54, 1.807) is 4.57 Å². The fraction of sp³-hybridized carbons (Fsp3) is 0.286. The number of benzene rings is 2. The Morgan fingerprint density at radius 3 is 2.68 bits per heavy atom. The van der Waals surface area contributed by atoms with Gasteiger partial charge >= 0.3 is 5.97 Å². The van der Waals surface area contributed by atoms with Crippen LogP contribution in [0.3, 0.4) is 0 Å². The van der Waals surface area contributed by atoms with E-state index in [1.165, 1.54) is 34.7 Å². The molecular weight excluding hydrogens is 539 g/mol. The number of anilines is 2. The minimum absolute atomic E-state index is 0.166. The zero-order valence-corrected chi connectivity index (χ0v) is 23.1. The van der Waals surface area contributed by atoms with Gasteiger partial charge in [0.1, 0.15) is 20.4 Å². The largest absolute Gasteiger partial charge is 0.480 e. The van der Waals surface area contributed by atoms with Crippen molar-refractivity contribution in [2.24, 2.45) is 0 Å². The molecule has 1 amide bonds. The lowest BCUT2D eigenvalue weighted by molar-refractivity contribution is -0.140. The monoisotopic (exact) mass is 563 g/mol. The van der Waals surface area contributed by atoms with Crippen molar-refractivity contribution in [2.45, 2.75) is 44.7 Å². The fourth-order valence-electron chi connectivity index (χ4n) is 5.81. The minimum atomic E-state index is -1.14. The van der Waals surface area contributed by atoms with Crippen molar-refractivity contribution in [2.75, 3.05) is 11.4 Å². The van der Waals surface area contributed by atoms with E-state index in [1.807, 2.05) is 19.1 Å². The second kappa shape index (κ2) is 9.83. The van der Waals surface area contributed by atoms with Crippen molar-refractivity contribution in [3.63, 3.8) is 0 Å². The Morgan fingerprint density at radius 1 is 1.16 bits per heavy atom. The van der Waals surface area contributed by atoms with Crippen LogP contribution in [0.2, 0.25) is 0 Å². The number of nitrogens with zero attached hydrogens (tertiary/aromatic N) is 3. The molecule has 1 saturated heterocycles. The summed E-state index contributed by atoms with van der Waals surface area (Å²) in [6.07, 6.45) is 5.41. The molecule has 0 radical (unpaired) electrons. The van der Waals surface area contributed by atoms with E-state index in [9.17, 15) is 14.4 Å². The first kappa shape index (κ1) is 25.1. The third-order valence-electron chi connectivity index (χ3n) is 7.41. The number of carbonyl (C=O) groups excluding carboxylic acids is 1. The molecular formula is C28H25N3O4S3. The van der Waals surface area contributed by atoms with Gasteiger partial charge in [-0.2, -0.15) is 0 Å². The summed E-state index contributed by atoms with van der Waals surface area (Å²) in [6, 6.07) is 17.4. The van der Waals surface area contributed by atoms with Crippen LogP contribution in [0.4, 0.5) is 11.4 Å². The summed E-state index contributed by atoms with van der Waals surface area (Å²) >= 11 is 7.56. The first-order valence-electron chi connectivity index (χ1n) is 12.6. The zero-order valence-electron chi connectivity index (χ0n) is 20.6. The van der Waals surface area contributed by atoms with E-state index < -0.39 is 18.4 Å². The molecule has 1 saturated carbocycles. The number of fused-ring (bicyclic) bond motifs is 3. The van der Waals surface area contributed by atoms with Gasteiger partial charge in [0.15, 0.2) is 0 Å². The molecule has 0 spiro atoms. The van der Waals surface area contributed by atoms with Crippen LogP contribution in [-0.2, 0) is 16.1 Å². The summed E-state index contributed by atoms with van der Waals surface area (Å²) in [5, 5.41) is 9.15. The molecule has 2 atom stereocenters. The summed E-state index contributed by atoms with van der Waals surface area (Å²) < 4.78 is 2.81. The Hall–Kier alpha value is -3.21. The van der Waals surface area contributed by atoms with Crippen molar-refractivity contribution < 1.29 is 14.7 Å². The van der Waals surface area contributed by atoms with Crippen LogP contribution < -0.4 is 19.7 Å². The van der Waals surface area contributed by atoms with Gasteiger partial charge < -0.3 is 10.0 Å². The van der Waals surface area contributed by atoms with Crippen LogP contribution in [0, 0.1) is 0 Å². The molecule has 10 heteroatoms. The molecule has 2 unspecified atom stereocenters. The number of thiocarbonyl (C=S) groups is 1. The van der Waals surface area contributed by atoms with Crippen molar-refractivity contribution in [1.29, 1.82) is 0 Å². The standard InChI is InChI=1S/C28H25N3O4S3/c1-2-29-25(34)22(37-27(29)24-26(35)30(15-23(32)33)28(36)38-24)14-16-11-12-21-19(13-16)18-9-6-10-20(18)31(21)17-7-4-3-5-8-17/h3-5,7-8,11-14,18,20H,2,6,9-10,15H2,1H3,(H,32,33)/b22-14+,27-24+. The Morgan fingerprint density at radius 2 is 1.95 bits per heavy atom. The molecule has 2 aromatic carbocycles. The van der Waals surface area contributed by atoms with Gasteiger partial charge in [-0.15, -0.1) is 11.3 Å². The number of thioether (sulfide) groups is 1. The van der Waals surface area contributed by atoms with Crippen LogP contribution in [0.5, 0.6) is 0 Å². The maximum atomic E-state index is 13.3. The van der Waals surface area contributed by atoms with Crippen LogP contribution >= 0.6 is 35.3 Å². The summed E-state index contributed by atoms with van der Waals surface area (Å²) in [7, 11) is 0. The van der Waals surface area contributed by atoms with E-state index in [2.05, 4.69) is 47.4 Å². The van der Waals surface area contributed by atoms with Crippen LogP contribution in [-0.4, -0.2) is 43.4 Å². The maximum absolute atomic E-state index is 13.3. The van der Waals surface area contributed by atoms with Gasteiger partial charge in [0.05, 0.1) is 4.53 Å². The summed E-state index contributed by atoms with van der Waals surface area (Å²) in [4.78, 5) is 41.4. The van der Waals surface area contributed by atoms with E-state index in [4.69, 9.17) is 17.3 Å². The Labute approximate surface area is 232 Å². The minimum Gasteiger partial charge on any atom is -0.480 e. The molecule has 3 aromatic rings. The maximum Gasteiger partial charge on any atom is 0.323 e. The van der Waals surface area contributed by atoms with Gasteiger partial charge in [-0.1, -0.05) is 54.7 Å². The number of hydrogen-bond donors (Lipinski definition) is 1. The van der Waals surface area contributed by atoms with Crippen molar-refractivity contribution in [3.05, 3.63) is 79.2 Å². The van der Waals surface area contributed by atoms with Crippen molar-refractivity contribution >= 4 is 73.9 Å². The molecule has 38 heavy (non-hydrogen) atoms. The van der Waals surface area contributed by atoms with Gasteiger partial charge in [0.25, 0.3) is 11.5 Å². The summed E-state index contributed by atoms with van der Waals surface area (Å²) in [5.74, 6) is -1.14. The van der Waals surface area contributed by atoms with E-state index in [-0.39, 0.29) is 9.88 Å². The lowest BCUT2D eigenvalue weighted by atomic mass is 9.96. The first-order valence-corrected chi connectivity index (χ1v) is 14.6. The second-order valence-electron chi connectivity index (χ2n) is 9.58. The number of thiazole rings is 1. The third-order valence-corrected chi connectivity index (χ3v) is 10.1. The molecule has 1 aromatic heterocycles. The highest BCUT2D eigenvalue weighted by molar-refractivity contribution is 8.30. The zero-order chi connectivity index (χ0) is 26.6. The van der Waals surface area contributed by atoms with E-state index in [0.29, 0.717) is 32.6 Å². The number of rotatable bonds is 5. The van der Waals surface area contributed by atoms with Gasteiger partial charge in [-0.3, -0.25) is 23.9 Å². The van der Waals surface area contributed by atoms with Gasteiger partial charge in [0.2, 0.25) is 0 Å². The normalized spacial score (nSPS) is 22.4. The highest BCUT2D eigenvalue weighted by Gasteiger charge is 2.42. The average Bonchev–Trinajstić information content (AvgIpc) is 3.64. The second-order valence-corrected chi connectivity index (χ2v) is 12.3. The van der Waals surface area contributed by atoms with Gasteiger partial charge in [-0.05, 0) is 61.2 Å². The fourth-order valence-corrected chi connectivity index (χ4v) is 8.39. The molecule has 1 aliphatic carbocycles. The highest BCUT2D eigenvalue weighted by Crippen LogP contribution is 2.52. The van der Waals surface area contributed by atoms with Crippen molar-refractivity contribution in [3.8, 4) is 0 Å². The molecule has 3 heterocycles. The topological polar surface area (TPSA) is 82.8 Å². The smallest absolute Gasteiger partial charge is 0.323 e. The number of carboxylic acids is 1. The molecule has 2 aliphatic heterocycles. The predicted molar refractivity (Wildman–Crippen MR) is 155 cm³/mol. The van der Waals surface area contributed by atoms with Gasteiger partial charge in [-0.25, -0.2) is 0 Å². The average molecular weight is 564 g/mol. The molecule has 2 fully saturated rings. The Kier molecular flexibility index (Phi) is 6.49. The SMILES string of the molecule is CCn1c(=O)/c(=C\c2ccc3c(c2)C2CCCC2N3c2ccccc2)s/c1=C1/SC(=S)N(CC(=O)O)C1=O. The van der Waals surface area contributed by atoms with Gasteiger partial charge in [0, 0.05) is 29.9 Å². The molecule has 3 aliphatic rings. The summed E-state index contributed by atoms with van der Waals surface area (Å²) in [5.41, 5.74) is 4.55. The number of amides is 1. The lowest BCUT2D eigenvalue weighted by Gasteiger charge is -2.27. The first-order chi connectivity index (χ1) is 18.4. The molecule has 7 nitrogen and oxygen atoms in total. The lowest BCUT2D eigenvalue weighted by Crippen LogP contribution is -2.35. The quantitative estimate of drug-likeness (QED) is 0.475. The number of hydrogen-bond acceptors (Lipinski definition) is 7. The number of para-hydroxylation sites is 1. The number of carboxylic acid groups (broad SMARTS) is 1. The Bertz CT molecular complexity index is 1660. The highest BCUT2D eigenvalue weighted by atomic mass is 32.2. The van der Waals surface area contributed by atoms with Crippen molar-refractivity contribution in [1.82, 2.24) is 9.47 Å². The molecule has 6 rings (SSSR count). The molecule has 0 bridgehead atoms. The number of carbonyl (C=O) groups is 2. The molecule has 1 N–H and O–H groups in total. The Balaban J connectivity index is 1.43. The third kappa shape index (κ3) is 4.11.